The number of nitrogens with zero attached hydrogens (tertiary/aromatic N) is 1. The summed E-state index contributed by atoms with van der Waals surface area (Å²) in [6.45, 7) is 1.28. The first-order valence-corrected chi connectivity index (χ1v) is 11.8. The van der Waals surface area contributed by atoms with Gasteiger partial charge in [0.15, 0.2) is 5.96 Å². The zero-order valence-corrected chi connectivity index (χ0v) is 21.2. The van der Waals surface area contributed by atoms with Crippen molar-refractivity contribution in [3.05, 3.63) is 29.8 Å². The minimum Gasteiger partial charge on any atom is -0.508 e. The quantitative estimate of drug-likeness (QED) is 0.0547. The van der Waals surface area contributed by atoms with Gasteiger partial charge >= 0.3 is 11.9 Å². The molecule has 0 aliphatic heterocycles. The number of guanidine groups is 1. The van der Waals surface area contributed by atoms with Crippen molar-refractivity contribution in [2.75, 3.05) is 6.54 Å². The molecule has 5 atom stereocenters. The maximum absolute atomic E-state index is 13.0. The minimum absolute atomic E-state index is 0.0251. The molecule has 0 aromatic heterocycles. The number of nitrogens with two attached hydrogens (primary N) is 3. The summed E-state index contributed by atoms with van der Waals surface area (Å²) >= 11 is 0. The zero-order chi connectivity index (χ0) is 29.7. The Hall–Kier alpha value is -4.44. The lowest BCUT2D eigenvalue weighted by molar-refractivity contribution is -0.147. The number of phenolic OH excluding ortho intramolecular Hbond substituents is 1. The number of phenols is 1. The Morgan fingerprint density at radius 1 is 0.923 bits per heavy atom. The molecule has 0 fully saturated rings. The third-order valence-corrected chi connectivity index (χ3v) is 5.36. The van der Waals surface area contributed by atoms with Crippen molar-refractivity contribution in [1.29, 1.82) is 0 Å². The van der Waals surface area contributed by atoms with Gasteiger partial charge in [-0.25, -0.2) is 4.79 Å². The summed E-state index contributed by atoms with van der Waals surface area (Å²) in [5.74, 6) is -6.05. The Morgan fingerprint density at radius 2 is 1.51 bits per heavy atom. The molecular formula is C23H35N7O9. The fraction of sp³-hybridized carbons (Fsp3) is 0.478. The third-order valence-electron chi connectivity index (χ3n) is 5.36. The molecular weight excluding hydrogens is 518 g/mol. The number of hydrogen-bond donors (Lipinski definition) is 10. The summed E-state index contributed by atoms with van der Waals surface area (Å²) in [7, 11) is 0. The van der Waals surface area contributed by atoms with Crippen LogP contribution in [0.5, 0.6) is 5.75 Å². The average molecular weight is 554 g/mol. The number of nitrogens with one attached hydrogen (secondary N) is 3. The standard InChI is InChI=1S/C23H35N7O9/c1-11(31)18(30-19(35)14(24)9-12-4-6-13(32)7-5-12)21(37)28-15(3-2-8-27-23(25)26)20(36)29-16(22(38)39)10-17(33)34/h4-7,11,14-16,18,31-32H,2-3,8-10,24H2,1H3,(H,28,37)(H,29,36)(H,30,35)(H,33,34)(H,38,39)(H4,25,26,27). The van der Waals surface area contributed by atoms with Crippen LogP contribution in [-0.2, 0) is 30.4 Å². The van der Waals surface area contributed by atoms with Crippen LogP contribution >= 0.6 is 0 Å². The summed E-state index contributed by atoms with van der Waals surface area (Å²) in [4.78, 5) is 64.5. The van der Waals surface area contributed by atoms with Gasteiger partial charge in [-0.05, 0) is 43.9 Å². The lowest BCUT2D eigenvalue weighted by Crippen LogP contribution is -2.60. The van der Waals surface area contributed by atoms with Crippen LogP contribution in [0.15, 0.2) is 29.3 Å². The highest BCUT2D eigenvalue weighted by molar-refractivity contribution is 5.95. The Kier molecular flexibility index (Phi) is 13.1. The van der Waals surface area contributed by atoms with Gasteiger partial charge in [0, 0.05) is 6.54 Å². The van der Waals surface area contributed by atoms with Crippen LogP contribution in [0.4, 0.5) is 0 Å². The number of benzene rings is 1. The van der Waals surface area contributed by atoms with E-state index in [1.54, 1.807) is 12.1 Å². The van der Waals surface area contributed by atoms with E-state index in [4.69, 9.17) is 22.3 Å². The molecule has 0 heterocycles. The Bertz CT molecular complexity index is 1040. The van der Waals surface area contributed by atoms with Crippen LogP contribution in [0.3, 0.4) is 0 Å². The number of aliphatic hydroxyl groups excluding tert-OH is 1. The third kappa shape index (κ3) is 12.1. The molecule has 0 spiro atoms. The molecule has 1 aromatic rings. The highest BCUT2D eigenvalue weighted by Crippen LogP contribution is 2.11. The second-order valence-corrected chi connectivity index (χ2v) is 8.71. The molecule has 0 saturated carbocycles. The number of carbonyl (C=O) groups is 5. The molecule has 0 saturated heterocycles. The van der Waals surface area contributed by atoms with Crippen molar-refractivity contribution in [2.45, 2.75) is 62.9 Å². The molecule has 0 aliphatic carbocycles. The van der Waals surface area contributed by atoms with Gasteiger partial charge in [0.05, 0.1) is 18.6 Å². The Balaban J connectivity index is 2.99. The minimum atomic E-state index is -1.78. The van der Waals surface area contributed by atoms with E-state index in [0.29, 0.717) is 5.56 Å². The Labute approximate surface area is 223 Å². The van der Waals surface area contributed by atoms with E-state index >= 15 is 0 Å². The molecule has 0 radical (unpaired) electrons. The second-order valence-electron chi connectivity index (χ2n) is 8.71. The predicted molar refractivity (Wildman–Crippen MR) is 137 cm³/mol. The van der Waals surface area contributed by atoms with Crippen LogP contribution in [0.2, 0.25) is 0 Å². The number of aromatic hydroxyl groups is 1. The molecule has 1 rings (SSSR count). The summed E-state index contributed by atoms with van der Waals surface area (Å²) in [5.41, 5.74) is 17.1. The lowest BCUT2D eigenvalue weighted by Gasteiger charge is -2.26. The number of aliphatic carboxylic acids is 2. The fourth-order valence-corrected chi connectivity index (χ4v) is 3.33. The largest absolute Gasteiger partial charge is 0.508 e. The average Bonchev–Trinajstić information content (AvgIpc) is 2.84. The van der Waals surface area contributed by atoms with Gasteiger partial charge in [-0.1, -0.05) is 12.1 Å². The number of aliphatic imine (C=N–C) groups is 1. The maximum Gasteiger partial charge on any atom is 0.326 e. The number of carbonyl (C=O) groups excluding carboxylic acids is 3. The monoisotopic (exact) mass is 553 g/mol. The predicted octanol–water partition coefficient (Wildman–Crippen LogP) is -3.29. The smallest absolute Gasteiger partial charge is 0.326 e. The normalized spacial score (nSPS) is 14.5. The van der Waals surface area contributed by atoms with E-state index in [-0.39, 0.29) is 37.5 Å². The van der Waals surface area contributed by atoms with Gasteiger partial charge in [0.25, 0.3) is 0 Å². The van der Waals surface area contributed by atoms with Gasteiger partial charge in [-0.2, -0.15) is 0 Å². The number of rotatable bonds is 16. The van der Waals surface area contributed by atoms with Gasteiger partial charge in [0.1, 0.15) is 23.9 Å². The lowest BCUT2D eigenvalue weighted by atomic mass is 10.0. The SMILES string of the molecule is CC(O)C(NC(=O)C(N)Cc1ccc(O)cc1)C(=O)NC(CCCN=C(N)N)C(=O)NC(CC(=O)O)C(=O)O. The van der Waals surface area contributed by atoms with Gasteiger partial charge in [-0.3, -0.25) is 24.2 Å². The summed E-state index contributed by atoms with van der Waals surface area (Å²) < 4.78 is 0. The highest BCUT2D eigenvalue weighted by atomic mass is 16.4. The fourth-order valence-electron chi connectivity index (χ4n) is 3.33. The van der Waals surface area contributed by atoms with Crippen molar-refractivity contribution in [1.82, 2.24) is 16.0 Å². The van der Waals surface area contributed by atoms with Gasteiger partial charge in [-0.15, -0.1) is 0 Å². The van der Waals surface area contributed by atoms with E-state index < -0.39 is 66.4 Å². The van der Waals surface area contributed by atoms with E-state index in [0.717, 1.165) is 0 Å². The Morgan fingerprint density at radius 3 is 2.03 bits per heavy atom. The van der Waals surface area contributed by atoms with Gasteiger partial charge < -0.3 is 53.6 Å². The molecule has 5 unspecified atom stereocenters. The van der Waals surface area contributed by atoms with Gasteiger partial charge in [0.2, 0.25) is 17.7 Å². The van der Waals surface area contributed by atoms with E-state index in [1.165, 1.54) is 19.1 Å². The molecule has 3 amide bonds. The molecule has 216 valence electrons. The topological polar surface area (TPSA) is 293 Å². The number of carboxylic acids is 2. The first-order chi connectivity index (χ1) is 18.2. The van der Waals surface area contributed by atoms with Crippen LogP contribution < -0.4 is 33.2 Å². The van der Waals surface area contributed by atoms with Crippen LogP contribution in [-0.4, -0.2) is 92.9 Å². The van der Waals surface area contributed by atoms with E-state index in [9.17, 15) is 39.3 Å². The van der Waals surface area contributed by atoms with Crippen molar-refractivity contribution in [2.24, 2.45) is 22.2 Å². The summed E-state index contributed by atoms with van der Waals surface area (Å²) in [6.07, 6.45) is -2.25. The van der Waals surface area contributed by atoms with Crippen molar-refractivity contribution in [3.8, 4) is 5.75 Å². The number of amides is 3. The van der Waals surface area contributed by atoms with Crippen molar-refractivity contribution < 1.29 is 44.4 Å². The first-order valence-electron chi connectivity index (χ1n) is 11.8. The second kappa shape index (κ2) is 15.7. The molecule has 13 N–H and O–H groups in total. The molecule has 16 nitrogen and oxygen atoms in total. The molecule has 0 aliphatic rings. The molecule has 0 bridgehead atoms. The summed E-state index contributed by atoms with van der Waals surface area (Å²) in [6, 6.07) is 0.0816. The van der Waals surface area contributed by atoms with Crippen molar-refractivity contribution >= 4 is 35.6 Å². The number of hydrogen-bond acceptors (Lipinski definition) is 9. The highest BCUT2D eigenvalue weighted by Gasteiger charge is 2.32. The maximum atomic E-state index is 13.0. The van der Waals surface area contributed by atoms with Crippen LogP contribution in [0.1, 0.15) is 31.7 Å². The molecule has 39 heavy (non-hydrogen) atoms. The number of carboxylic acid groups (broad SMARTS) is 2. The summed E-state index contributed by atoms with van der Waals surface area (Å²) in [5, 5.41) is 44.4. The van der Waals surface area contributed by atoms with Crippen molar-refractivity contribution in [3.63, 3.8) is 0 Å². The molecule has 16 heteroatoms. The van der Waals surface area contributed by atoms with Crippen LogP contribution in [0.25, 0.3) is 0 Å². The number of aliphatic hydroxyl groups is 1. The first kappa shape index (κ1) is 32.6. The molecule has 1 aromatic carbocycles. The van der Waals surface area contributed by atoms with E-state index in [2.05, 4.69) is 20.9 Å². The zero-order valence-electron chi connectivity index (χ0n) is 21.2. The van der Waals surface area contributed by atoms with Crippen LogP contribution in [0, 0.1) is 0 Å². The van der Waals surface area contributed by atoms with E-state index in [1.807, 2.05) is 0 Å².